The van der Waals surface area contributed by atoms with Crippen LogP contribution >= 0.6 is 11.6 Å². The van der Waals surface area contributed by atoms with Crippen molar-refractivity contribution in [3.05, 3.63) is 34.9 Å². The molecule has 1 aliphatic carbocycles. The second-order valence-corrected chi connectivity index (χ2v) is 7.39. The molecule has 1 aliphatic rings. The first kappa shape index (κ1) is 17.1. The van der Waals surface area contributed by atoms with Gasteiger partial charge in [0.1, 0.15) is 5.60 Å². The molecule has 1 aromatic rings. The normalized spacial score (nSPS) is 22.6. The number of nitrogens with one attached hydrogen (secondary N) is 2. The molecule has 1 atom stereocenters. The Morgan fingerprint density at radius 3 is 2.36 bits per heavy atom. The summed E-state index contributed by atoms with van der Waals surface area (Å²) < 4.78 is 5.26. The Balaban J connectivity index is 1.71. The zero-order chi connectivity index (χ0) is 16.3. The topological polar surface area (TPSA) is 50.4 Å². The quantitative estimate of drug-likeness (QED) is 0.878. The predicted octanol–water partition coefficient (Wildman–Crippen LogP) is 4.05. The lowest BCUT2D eigenvalue weighted by atomic mass is 9.86. The molecule has 0 aliphatic heterocycles. The van der Waals surface area contributed by atoms with E-state index in [-0.39, 0.29) is 18.2 Å². The number of halogens is 1. The Hall–Kier alpha value is -1.26. The van der Waals surface area contributed by atoms with Crippen LogP contribution in [0.15, 0.2) is 24.3 Å². The zero-order valence-corrected chi connectivity index (χ0v) is 14.4. The molecule has 0 radical (unpaired) electrons. The number of rotatable bonds is 4. The van der Waals surface area contributed by atoms with Gasteiger partial charge in [0.2, 0.25) is 0 Å². The van der Waals surface area contributed by atoms with Gasteiger partial charge in [-0.2, -0.15) is 0 Å². The van der Waals surface area contributed by atoms with E-state index in [1.807, 2.05) is 45.0 Å². The van der Waals surface area contributed by atoms with Crippen LogP contribution in [0.1, 0.15) is 52.1 Å². The predicted molar refractivity (Wildman–Crippen MR) is 89.2 cm³/mol. The fraction of sp³-hybridized carbons (Fsp3) is 0.588. The van der Waals surface area contributed by atoms with Gasteiger partial charge in [0.25, 0.3) is 0 Å². The van der Waals surface area contributed by atoms with Crippen molar-refractivity contribution in [3.8, 4) is 0 Å². The molecule has 1 amide bonds. The molecule has 5 heteroatoms. The molecule has 122 valence electrons. The van der Waals surface area contributed by atoms with Crippen LogP contribution in [-0.4, -0.2) is 23.8 Å². The highest BCUT2D eigenvalue weighted by atomic mass is 35.5. The molecular formula is C17H25ClN2O2. The van der Waals surface area contributed by atoms with Crippen molar-refractivity contribution in [2.75, 3.05) is 0 Å². The number of hydrogen-bond donors (Lipinski definition) is 2. The van der Waals surface area contributed by atoms with Gasteiger partial charge in [0.15, 0.2) is 0 Å². The van der Waals surface area contributed by atoms with Gasteiger partial charge in [-0.3, -0.25) is 0 Å². The minimum absolute atomic E-state index is 0.199. The first-order valence-corrected chi connectivity index (χ1v) is 8.12. The number of benzene rings is 1. The molecule has 0 bridgehead atoms. The molecule has 2 rings (SSSR count). The first-order chi connectivity index (χ1) is 10.2. The smallest absolute Gasteiger partial charge is 0.407 e. The number of carbonyl (C=O) groups is 1. The Morgan fingerprint density at radius 2 is 1.82 bits per heavy atom. The molecule has 0 heterocycles. The van der Waals surface area contributed by atoms with Crippen molar-refractivity contribution in [1.29, 1.82) is 0 Å². The second-order valence-electron chi connectivity index (χ2n) is 6.95. The molecule has 1 aromatic carbocycles. The van der Waals surface area contributed by atoms with Crippen LogP contribution in [0.5, 0.6) is 0 Å². The highest BCUT2D eigenvalue weighted by Gasteiger charge is 2.32. The summed E-state index contributed by atoms with van der Waals surface area (Å²) in [5.41, 5.74) is 0.766. The van der Waals surface area contributed by atoms with Crippen molar-refractivity contribution in [2.24, 2.45) is 0 Å². The number of ether oxygens (including phenoxy) is 1. The third kappa shape index (κ3) is 5.18. The van der Waals surface area contributed by atoms with Crippen LogP contribution in [-0.2, 0) is 4.74 Å². The maximum atomic E-state index is 11.7. The maximum absolute atomic E-state index is 11.7. The van der Waals surface area contributed by atoms with Crippen LogP contribution < -0.4 is 10.6 Å². The molecule has 0 aromatic heterocycles. The van der Waals surface area contributed by atoms with Crippen LogP contribution in [0, 0.1) is 0 Å². The number of alkyl carbamates (subject to hydrolysis) is 1. The SMILES string of the molecule is C[C@@H](NC1CC(NC(=O)OC(C)(C)C)C1)c1ccc(Cl)cc1. The standard InChI is InChI=1S/C17H25ClN2O2/c1-11(12-5-7-13(18)8-6-12)19-14-9-15(10-14)20-16(21)22-17(2,3)4/h5-8,11,14-15,19H,9-10H2,1-4H3,(H,20,21)/t11-,14?,15?/m1/s1. The summed E-state index contributed by atoms with van der Waals surface area (Å²) in [6, 6.07) is 8.77. The van der Waals surface area contributed by atoms with Crippen LogP contribution in [0.4, 0.5) is 4.79 Å². The number of hydrogen-bond acceptors (Lipinski definition) is 3. The molecule has 4 nitrogen and oxygen atoms in total. The lowest BCUT2D eigenvalue weighted by molar-refractivity contribution is 0.0463. The molecule has 0 spiro atoms. The average Bonchev–Trinajstić information content (AvgIpc) is 2.34. The van der Waals surface area contributed by atoms with Gasteiger partial charge >= 0.3 is 6.09 Å². The van der Waals surface area contributed by atoms with Crippen molar-refractivity contribution >= 4 is 17.7 Å². The minimum Gasteiger partial charge on any atom is -0.444 e. The third-order valence-corrected chi connectivity index (χ3v) is 3.97. The van der Waals surface area contributed by atoms with Gasteiger partial charge in [0, 0.05) is 23.1 Å². The van der Waals surface area contributed by atoms with E-state index in [9.17, 15) is 4.79 Å². The van der Waals surface area contributed by atoms with Gasteiger partial charge in [-0.25, -0.2) is 4.79 Å². The lowest BCUT2D eigenvalue weighted by Crippen LogP contribution is -2.53. The largest absolute Gasteiger partial charge is 0.444 e. The molecule has 0 unspecified atom stereocenters. The van der Waals surface area contributed by atoms with Gasteiger partial charge in [0.05, 0.1) is 0 Å². The Labute approximate surface area is 137 Å². The third-order valence-electron chi connectivity index (χ3n) is 3.71. The zero-order valence-electron chi connectivity index (χ0n) is 13.7. The molecule has 22 heavy (non-hydrogen) atoms. The summed E-state index contributed by atoms with van der Waals surface area (Å²) >= 11 is 5.90. The van der Waals surface area contributed by atoms with Crippen molar-refractivity contribution in [1.82, 2.24) is 10.6 Å². The summed E-state index contributed by atoms with van der Waals surface area (Å²) in [6.45, 7) is 7.74. The van der Waals surface area contributed by atoms with E-state index < -0.39 is 5.60 Å². The van der Waals surface area contributed by atoms with Crippen LogP contribution in [0.3, 0.4) is 0 Å². The van der Waals surface area contributed by atoms with Gasteiger partial charge < -0.3 is 15.4 Å². The Morgan fingerprint density at radius 1 is 1.23 bits per heavy atom. The van der Waals surface area contributed by atoms with Gasteiger partial charge in [-0.05, 0) is 58.2 Å². The van der Waals surface area contributed by atoms with Crippen molar-refractivity contribution in [2.45, 2.75) is 64.3 Å². The van der Waals surface area contributed by atoms with Gasteiger partial charge in [-0.1, -0.05) is 23.7 Å². The monoisotopic (exact) mass is 324 g/mol. The fourth-order valence-corrected chi connectivity index (χ4v) is 2.67. The molecular weight excluding hydrogens is 300 g/mol. The van der Waals surface area contributed by atoms with Crippen LogP contribution in [0.25, 0.3) is 0 Å². The molecule has 0 saturated heterocycles. The maximum Gasteiger partial charge on any atom is 0.407 e. The molecule has 2 N–H and O–H groups in total. The van der Waals surface area contributed by atoms with E-state index in [0.717, 1.165) is 17.9 Å². The average molecular weight is 325 g/mol. The highest BCUT2D eigenvalue weighted by Crippen LogP contribution is 2.25. The summed E-state index contributed by atoms with van der Waals surface area (Å²) in [5, 5.41) is 7.22. The van der Waals surface area contributed by atoms with E-state index in [2.05, 4.69) is 17.6 Å². The number of amides is 1. The van der Waals surface area contributed by atoms with E-state index in [1.54, 1.807) is 0 Å². The fourth-order valence-electron chi connectivity index (χ4n) is 2.55. The lowest BCUT2D eigenvalue weighted by Gasteiger charge is -2.38. The van der Waals surface area contributed by atoms with E-state index in [0.29, 0.717) is 6.04 Å². The second kappa shape index (κ2) is 6.88. The summed E-state index contributed by atoms with van der Waals surface area (Å²) in [4.78, 5) is 11.7. The van der Waals surface area contributed by atoms with Gasteiger partial charge in [-0.15, -0.1) is 0 Å². The van der Waals surface area contributed by atoms with Crippen LogP contribution in [0.2, 0.25) is 5.02 Å². The Bertz CT molecular complexity index is 504. The van der Waals surface area contributed by atoms with E-state index >= 15 is 0 Å². The molecule has 1 fully saturated rings. The first-order valence-electron chi connectivity index (χ1n) is 7.74. The summed E-state index contributed by atoms with van der Waals surface area (Å²) in [5.74, 6) is 0. The van der Waals surface area contributed by atoms with Crippen molar-refractivity contribution < 1.29 is 9.53 Å². The molecule has 1 saturated carbocycles. The minimum atomic E-state index is -0.450. The summed E-state index contributed by atoms with van der Waals surface area (Å²) in [6.07, 6.45) is 1.52. The van der Waals surface area contributed by atoms with Crippen molar-refractivity contribution in [3.63, 3.8) is 0 Å². The van der Waals surface area contributed by atoms with E-state index in [1.165, 1.54) is 5.56 Å². The summed E-state index contributed by atoms with van der Waals surface area (Å²) in [7, 11) is 0. The number of carbonyl (C=O) groups excluding carboxylic acids is 1. The Kier molecular flexibility index (Phi) is 5.35. The highest BCUT2D eigenvalue weighted by molar-refractivity contribution is 6.30. The van der Waals surface area contributed by atoms with E-state index in [4.69, 9.17) is 16.3 Å².